The lowest BCUT2D eigenvalue weighted by Crippen LogP contribution is -2.60. The molecule has 440 valence electrons. The van der Waals surface area contributed by atoms with E-state index in [2.05, 4.69) is 31.3 Å². The average molecular weight is 1050 g/mol. The Morgan fingerprint density at radius 2 is 0.757 bits per heavy atom. The van der Waals surface area contributed by atoms with Gasteiger partial charge in [0.25, 0.3) is 0 Å². The molecule has 1 rings (SSSR count). The molecule has 9 nitrogen and oxygen atoms in total. The van der Waals surface area contributed by atoms with Crippen LogP contribution in [0.15, 0.2) is 12.2 Å². The normalized spacial score (nSPS) is 18.9. The first-order valence-corrected chi connectivity index (χ1v) is 32.9. The maximum absolute atomic E-state index is 13.1. The molecule has 1 fully saturated rings. The number of amides is 1. The van der Waals surface area contributed by atoms with Crippen LogP contribution in [0, 0.1) is 0 Å². The van der Waals surface area contributed by atoms with Gasteiger partial charge < -0.3 is 40.3 Å². The monoisotopic (exact) mass is 1050 g/mol. The van der Waals surface area contributed by atoms with Crippen LogP contribution in [0.2, 0.25) is 0 Å². The number of allylic oxidation sites excluding steroid dienone is 2. The van der Waals surface area contributed by atoms with Gasteiger partial charge in [0.15, 0.2) is 6.29 Å². The number of carbonyl (C=O) groups excluding carboxylic acids is 1. The quantitative estimate of drug-likeness (QED) is 0.0261. The van der Waals surface area contributed by atoms with E-state index in [0.717, 1.165) is 38.5 Å². The van der Waals surface area contributed by atoms with Gasteiger partial charge in [-0.15, -0.1) is 0 Å². The minimum absolute atomic E-state index is 0.133. The Hall–Kier alpha value is -1.07. The summed E-state index contributed by atoms with van der Waals surface area (Å²) in [6.07, 6.45) is 62.6. The predicted molar refractivity (Wildman–Crippen MR) is 314 cm³/mol. The zero-order valence-corrected chi connectivity index (χ0v) is 49.1. The molecule has 1 aliphatic heterocycles. The summed E-state index contributed by atoms with van der Waals surface area (Å²) < 4.78 is 11.4. The summed E-state index contributed by atoms with van der Waals surface area (Å²) >= 11 is 0. The number of carbonyl (C=O) groups is 1. The van der Waals surface area contributed by atoms with Crippen molar-refractivity contribution >= 4 is 5.91 Å². The highest BCUT2D eigenvalue weighted by Crippen LogP contribution is 2.24. The number of hydrogen-bond donors (Lipinski definition) is 6. The van der Waals surface area contributed by atoms with Crippen molar-refractivity contribution in [2.45, 2.75) is 384 Å². The van der Waals surface area contributed by atoms with E-state index in [9.17, 15) is 30.3 Å². The van der Waals surface area contributed by atoms with Gasteiger partial charge in [-0.2, -0.15) is 0 Å². The van der Waals surface area contributed by atoms with Gasteiger partial charge >= 0.3 is 0 Å². The van der Waals surface area contributed by atoms with Crippen LogP contribution < -0.4 is 5.32 Å². The third-order valence-electron chi connectivity index (χ3n) is 16.1. The molecule has 6 N–H and O–H groups in total. The van der Waals surface area contributed by atoms with Crippen molar-refractivity contribution in [2.75, 3.05) is 13.2 Å². The molecular formula is C65H127NO8. The molecule has 0 radical (unpaired) electrons. The number of unbranched alkanes of at least 4 members (excludes halogenated alkanes) is 46. The van der Waals surface area contributed by atoms with Crippen molar-refractivity contribution in [3.63, 3.8) is 0 Å². The Morgan fingerprint density at radius 1 is 0.446 bits per heavy atom. The lowest BCUT2D eigenvalue weighted by molar-refractivity contribution is -0.302. The maximum atomic E-state index is 13.1. The average Bonchev–Trinajstić information content (AvgIpc) is 3.40. The number of nitrogens with one attached hydrogen (secondary N) is 1. The third kappa shape index (κ3) is 43.9. The zero-order chi connectivity index (χ0) is 53.6. The summed E-state index contributed by atoms with van der Waals surface area (Å²) in [4.78, 5) is 13.1. The molecule has 1 heterocycles. The summed E-state index contributed by atoms with van der Waals surface area (Å²) in [5.41, 5.74) is 0. The molecule has 9 heteroatoms. The molecule has 74 heavy (non-hydrogen) atoms. The van der Waals surface area contributed by atoms with Gasteiger partial charge in [-0.1, -0.05) is 309 Å². The standard InChI is InChI=1S/C65H127NO8/c1-3-5-7-9-11-13-15-17-19-21-23-25-27-29-30-31-33-35-37-39-41-43-45-47-49-51-53-55-61(69)66-58(57-73-65-64(72)63(71)62(70)60(56-67)74-65)59(68)54-52-50-48-46-44-42-40-38-36-34-32-28-26-24-22-20-18-16-14-12-10-8-6-4-2/h29-30,58-60,62-65,67-68,70-72H,3-28,31-57H2,1-2H3,(H,66,69)/b30-29-. The van der Waals surface area contributed by atoms with Gasteiger partial charge in [0, 0.05) is 6.42 Å². The van der Waals surface area contributed by atoms with E-state index >= 15 is 0 Å². The van der Waals surface area contributed by atoms with E-state index in [-0.39, 0.29) is 12.5 Å². The van der Waals surface area contributed by atoms with E-state index in [0.29, 0.717) is 12.8 Å². The van der Waals surface area contributed by atoms with Crippen molar-refractivity contribution in [2.24, 2.45) is 0 Å². The van der Waals surface area contributed by atoms with Crippen LogP contribution in [0.25, 0.3) is 0 Å². The molecule has 7 unspecified atom stereocenters. The van der Waals surface area contributed by atoms with Gasteiger partial charge in [0.1, 0.15) is 24.4 Å². The minimum Gasteiger partial charge on any atom is -0.394 e. The minimum atomic E-state index is -1.55. The maximum Gasteiger partial charge on any atom is 0.220 e. The number of hydrogen-bond acceptors (Lipinski definition) is 8. The van der Waals surface area contributed by atoms with Gasteiger partial charge in [-0.05, 0) is 38.5 Å². The molecule has 0 aromatic carbocycles. The van der Waals surface area contributed by atoms with Crippen LogP contribution in [-0.4, -0.2) is 87.5 Å². The number of ether oxygens (including phenoxy) is 2. The summed E-state index contributed by atoms with van der Waals surface area (Å²) in [7, 11) is 0. The lowest BCUT2D eigenvalue weighted by atomic mass is 9.99. The molecule has 0 bridgehead atoms. The zero-order valence-electron chi connectivity index (χ0n) is 49.1. The Balaban J connectivity index is 2.14. The van der Waals surface area contributed by atoms with Gasteiger partial charge in [0.2, 0.25) is 5.91 Å². The molecule has 0 aromatic heterocycles. The fraction of sp³-hybridized carbons (Fsp3) is 0.954. The lowest BCUT2D eigenvalue weighted by Gasteiger charge is -2.40. The molecule has 0 saturated carbocycles. The number of aliphatic hydroxyl groups excluding tert-OH is 5. The Labute approximate surface area is 458 Å². The number of rotatable bonds is 58. The van der Waals surface area contributed by atoms with Gasteiger partial charge in [0.05, 0.1) is 25.4 Å². The highest BCUT2D eigenvalue weighted by molar-refractivity contribution is 5.76. The molecule has 0 aromatic rings. The fourth-order valence-electron chi connectivity index (χ4n) is 10.9. The SMILES string of the molecule is CCCCCCCCCCCCCC/C=C\CCCCCCCCCCCCCC(=O)NC(COC1OC(CO)C(O)C(O)C1O)C(O)CCCCCCCCCCCCCCCCCCCCCCCCCC. The molecule has 1 amide bonds. The molecule has 0 spiro atoms. The first-order valence-electron chi connectivity index (χ1n) is 32.9. The van der Waals surface area contributed by atoms with Crippen molar-refractivity contribution in [3.8, 4) is 0 Å². The second-order valence-corrected chi connectivity index (χ2v) is 23.3. The smallest absolute Gasteiger partial charge is 0.220 e. The van der Waals surface area contributed by atoms with Crippen LogP contribution in [0.5, 0.6) is 0 Å². The van der Waals surface area contributed by atoms with Crippen molar-refractivity contribution in [3.05, 3.63) is 12.2 Å². The topological polar surface area (TPSA) is 149 Å². The van der Waals surface area contributed by atoms with Crippen LogP contribution >= 0.6 is 0 Å². The highest BCUT2D eigenvalue weighted by Gasteiger charge is 2.44. The van der Waals surface area contributed by atoms with Crippen molar-refractivity contribution < 1.29 is 39.8 Å². The predicted octanol–water partition coefficient (Wildman–Crippen LogP) is 17.1. The van der Waals surface area contributed by atoms with Crippen LogP contribution in [-0.2, 0) is 14.3 Å². The van der Waals surface area contributed by atoms with E-state index < -0.39 is 49.5 Å². The molecule has 1 saturated heterocycles. The summed E-state index contributed by atoms with van der Waals surface area (Å²) in [5, 5.41) is 54.9. The molecule has 1 aliphatic rings. The third-order valence-corrected chi connectivity index (χ3v) is 16.1. The fourth-order valence-corrected chi connectivity index (χ4v) is 10.9. The van der Waals surface area contributed by atoms with Gasteiger partial charge in [-0.25, -0.2) is 0 Å². The molecular weight excluding hydrogens is 923 g/mol. The highest BCUT2D eigenvalue weighted by atomic mass is 16.7. The Kier molecular flexibility index (Phi) is 53.0. The van der Waals surface area contributed by atoms with E-state index in [1.807, 2.05) is 0 Å². The summed E-state index contributed by atoms with van der Waals surface area (Å²) in [5.74, 6) is -0.138. The van der Waals surface area contributed by atoms with Crippen molar-refractivity contribution in [1.29, 1.82) is 0 Å². The second kappa shape index (κ2) is 55.3. The first kappa shape index (κ1) is 70.9. The van der Waals surface area contributed by atoms with Crippen LogP contribution in [0.1, 0.15) is 341 Å². The van der Waals surface area contributed by atoms with Crippen LogP contribution in [0.3, 0.4) is 0 Å². The summed E-state index contributed by atoms with van der Waals surface area (Å²) in [6, 6.07) is -0.718. The first-order chi connectivity index (χ1) is 36.3. The van der Waals surface area contributed by atoms with E-state index in [4.69, 9.17) is 9.47 Å². The van der Waals surface area contributed by atoms with E-state index in [1.54, 1.807) is 0 Å². The van der Waals surface area contributed by atoms with Gasteiger partial charge in [-0.3, -0.25) is 4.79 Å². The van der Waals surface area contributed by atoms with Crippen LogP contribution in [0.4, 0.5) is 0 Å². The second-order valence-electron chi connectivity index (χ2n) is 23.3. The molecule has 0 aliphatic carbocycles. The Morgan fingerprint density at radius 3 is 1.09 bits per heavy atom. The summed E-state index contributed by atoms with van der Waals surface area (Å²) in [6.45, 7) is 3.90. The molecule has 7 atom stereocenters. The van der Waals surface area contributed by atoms with Crippen molar-refractivity contribution in [1.82, 2.24) is 5.32 Å². The largest absolute Gasteiger partial charge is 0.394 e. The Bertz CT molecular complexity index is 1170. The number of aliphatic hydroxyl groups is 5. The van der Waals surface area contributed by atoms with E-state index in [1.165, 1.54) is 276 Å².